The fraction of sp³-hybridized carbons (Fsp3) is 0.706. The Labute approximate surface area is 174 Å². The summed E-state index contributed by atoms with van der Waals surface area (Å²) in [5.41, 5.74) is -0.745. The second kappa shape index (κ2) is 10.5. The molecule has 0 spiro atoms. The van der Waals surface area contributed by atoms with Crippen molar-refractivity contribution in [1.29, 1.82) is 0 Å². The quantitative estimate of drug-likeness (QED) is 0.499. The zero-order valence-electron chi connectivity index (χ0n) is 16.5. The third kappa shape index (κ3) is 6.89. The number of nitrogens with one attached hydrogen (secondary N) is 2. The number of carbonyl (C=O) groups excluding carboxylic acids is 1. The molecule has 2 fully saturated rings. The van der Waals surface area contributed by atoms with E-state index in [2.05, 4.69) is 20.9 Å². The van der Waals surface area contributed by atoms with E-state index in [-0.39, 0.29) is 18.3 Å². The lowest BCUT2D eigenvalue weighted by Crippen LogP contribution is -2.46. The van der Waals surface area contributed by atoms with Crippen LogP contribution in [0.5, 0.6) is 0 Å². The molecule has 2 saturated heterocycles. The fourth-order valence-electron chi connectivity index (χ4n) is 3.19. The number of hydrogen-bond acceptors (Lipinski definition) is 7. The van der Waals surface area contributed by atoms with Crippen LogP contribution in [0.15, 0.2) is 6.20 Å². The molecule has 174 valence electrons. The third-order valence-corrected chi connectivity index (χ3v) is 5.12. The predicted molar refractivity (Wildman–Crippen MR) is 97.3 cm³/mol. The summed E-state index contributed by atoms with van der Waals surface area (Å²) >= 11 is 0. The summed E-state index contributed by atoms with van der Waals surface area (Å²) in [5, 5.41) is 30.6. The first-order valence-electron chi connectivity index (χ1n) is 9.57. The molecule has 3 rings (SSSR count). The monoisotopic (exact) mass is 451 g/mol. The van der Waals surface area contributed by atoms with Gasteiger partial charge in [-0.1, -0.05) is 5.21 Å². The number of carbonyl (C=O) groups is 3. The van der Waals surface area contributed by atoms with E-state index >= 15 is 0 Å². The Morgan fingerprint density at radius 3 is 2.45 bits per heavy atom. The molecule has 1 amide bonds. The van der Waals surface area contributed by atoms with Gasteiger partial charge in [0, 0.05) is 26.3 Å². The molecule has 1 aromatic heterocycles. The topological polar surface area (TPSA) is 156 Å². The molecule has 1 unspecified atom stereocenters. The summed E-state index contributed by atoms with van der Waals surface area (Å²) in [6.07, 6.45) is -0.606. The Morgan fingerprint density at radius 1 is 1.29 bits per heavy atom. The number of piperidine rings is 1. The number of alkyl halides is 3. The van der Waals surface area contributed by atoms with Gasteiger partial charge in [0.05, 0.1) is 17.7 Å². The van der Waals surface area contributed by atoms with Crippen molar-refractivity contribution in [2.75, 3.05) is 32.8 Å². The zero-order valence-corrected chi connectivity index (χ0v) is 16.5. The summed E-state index contributed by atoms with van der Waals surface area (Å²) in [6, 6.07) is 0.202. The largest absolute Gasteiger partial charge is 0.490 e. The van der Waals surface area contributed by atoms with Crippen molar-refractivity contribution in [2.45, 2.75) is 37.9 Å². The van der Waals surface area contributed by atoms with Crippen molar-refractivity contribution in [3.63, 3.8) is 0 Å². The number of carboxylic acid groups (broad SMARTS) is 2. The van der Waals surface area contributed by atoms with Crippen LogP contribution >= 0.6 is 0 Å². The maximum Gasteiger partial charge on any atom is 0.490 e. The molecule has 3 heterocycles. The van der Waals surface area contributed by atoms with Gasteiger partial charge in [-0.25, -0.2) is 9.48 Å². The molecule has 1 atom stereocenters. The minimum absolute atomic E-state index is 0.0718. The highest BCUT2D eigenvalue weighted by atomic mass is 19.4. The minimum atomic E-state index is -5.08. The van der Waals surface area contributed by atoms with Gasteiger partial charge in [0.25, 0.3) is 5.91 Å². The standard InChI is InChI=1S/C15H23N5O4.C2HF3O2/c21-13(17-10-15(14(22)23)3-6-24-7-4-15)12-9-20(19-18-12)11-2-1-5-16-8-11;3-2(4,5)1(6)7/h9,11,16H,1-8,10H2,(H,17,21)(H,22,23);(H,6,7). The van der Waals surface area contributed by atoms with Gasteiger partial charge in [0.2, 0.25) is 0 Å². The molecular formula is C17H24F3N5O6. The third-order valence-electron chi connectivity index (χ3n) is 5.12. The SMILES string of the molecule is O=C(NCC1(C(=O)O)CCOCC1)c1cn(C2CCCNC2)nn1.O=C(O)C(F)(F)F. The van der Waals surface area contributed by atoms with Crippen LogP contribution in [0.2, 0.25) is 0 Å². The van der Waals surface area contributed by atoms with Crippen molar-refractivity contribution < 1.29 is 42.5 Å². The van der Waals surface area contributed by atoms with Crippen molar-refractivity contribution in [1.82, 2.24) is 25.6 Å². The highest BCUT2D eigenvalue weighted by molar-refractivity contribution is 5.92. The summed E-state index contributed by atoms with van der Waals surface area (Å²) < 4.78 is 38.7. The van der Waals surface area contributed by atoms with E-state index in [0.29, 0.717) is 26.1 Å². The van der Waals surface area contributed by atoms with E-state index in [1.807, 2.05) is 0 Å². The molecular weight excluding hydrogens is 427 g/mol. The molecule has 0 bridgehead atoms. The number of hydrogen-bond donors (Lipinski definition) is 4. The lowest BCUT2D eigenvalue weighted by atomic mass is 9.80. The van der Waals surface area contributed by atoms with E-state index in [9.17, 15) is 27.9 Å². The molecule has 2 aliphatic rings. The number of amides is 1. The Hall–Kier alpha value is -2.74. The van der Waals surface area contributed by atoms with Gasteiger partial charge in [-0.05, 0) is 32.2 Å². The number of ether oxygens (including phenoxy) is 1. The van der Waals surface area contributed by atoms with Gasteiger partial charge in [0.1, 0.15) is 0 Å². The van der Waals surface area contributed by atoms with Gasteiger partial charge < -0.3 is 25.6 Å². The van der Waals surface area contributed by atoms with Crippen LogP contribution in [0, 0.1) is 5.41 Å². The first kappa shape index (κ1) is 24.5. The Balaban J connectivity index is 0.000000423. The van der Waals surface area contributed by atoms with Crippen LogP contribution in [0.25, 0.3) is 0 Å². The number of nitrogens with zero attached hydrogens (tertiary/aromatic N) is 3. The summed E-state index contributed by atoms with van der Waals surface area (Å²) in [7, 11) is 0. The molecule has 0 saturated carbocycles. The predicted octanol–water partition coefficient (Wildman–Crippen LogP) is 0.447. The van der Waals surface area contributed by atoms with Crippen molar-refractivity contribution in [2.24, 2.45) is 5.41 Å². The van der Waals surface area contributed by atoms with Crippen LogP contribution in [-0.2, 0) is 14.3 Å². The van der Waals surface area contributed by atoms with E-state index in [1.54, 1.807) is 10.9 Å². The molecule has 1 aromatic rings. The first-order valence-corrected chi connectivity index (χ1v) is 9.57. The Kier molecular flexibility index (Phi) is 8.33. The van der Waals surface area contributed by atoms with Gasteiger partial charge in [-0.3, -0.25) is 9.59 Å². The summed E-state index contributed by atoms with van der Waals surface area (Å²) in [4.78, 5) is 32.8. The molecule has 4 N–H and O–H groups in total. The highest BCUT2D eigenvalue weighted by Gasteiger charge is 2.40. The average molecular weight is 451 g/mol. The Bertz CT molecular complexity index is 773. The molecule has 0 aliphatic carbocycles. The molecule has 11 nitrogen and oxygen atoms in total. The second-order valence-electron chi connectivity index (χ2n) is 7.27. The van der Waals surface area contributed by atoms with Crippen LogP contribution in [-0.4, -0.2) is 82.1 Å². The van der Waals surface area contributed by atoms with Crippen LogP contribution in [0.4, 0.5) is 13.2 Å². The van der Waals surface area contributed by atoms with Gasteiger partial charge in [-0.15, -0.1) is 5.10 Å². The Morgan fingerprint density at radius 2 is 1.94 bits per heavy atom. The van der Waals surface area contributed by atoms with E-state index in [4.69, 9.17) is 14.6 Å². The average Bonchev–Trinajstić information content (AvgIpc) is 3.23. The minimum Gasteiger partial charge on any atom is -0.481 e. The lowest BCUT2D eigenvalue weighted by molar-refractivity contribution is -0.192. The van der Waals surface area contributed by atoms with E-state index < -0.39 is 29.4 Å². The van der Waals surface area contributed by atoms with Crippen LogP contribution in [0.3, 0.4) is 0 Å². The molecule has 14 heteroatoms. The molecule has 0 radical (unpaired) electrons. The van der Waals surface area contributed by atoms with Crippen molar-refractivity contribution >= 4 is 17.8 Å². The zero-order chi connectivity index (χ0) is 23.1. The fourth-order valence-corrected chi connectivity index (χ4v) is 3.19. The smallest absolute Gasteiger partial charge is 0.481 e. The van der Waals surface area contributed by atoms with Crippen LogP contribution in [0.1, 0.15) is 42.2 Å². The van der Waals surface area contributed by atoms with Gasteiger partial charge in [0.15, 0.2) is 5.69 Å². The van der Waals surface area contributed by atoms with Gasteiger partial charge in [-0.2, -0.15) is 13.2 Å². The number of aliphatic carboxylic acids is 2. The maximum atomic E-state index is 12.3. The number of aromatic nitrogens is 3. The van der Waals surface area contributed by atoms with Crippen LogP contribution < -0.4 is 10.6 Å². The van der Waals surface area contributed by atoms with E-state index in [0.717, 1.165) is 25.9 Å². The molecule has 2 aliphatic heterocycles. The lowest BCUT2D eigenvalue weighted by Gasteiger charge is -2.32. The molecule has 31 heavy (non-hydrogen) atoms. The summed E-state index contributed by atoms with van der Waals surface area (Å²) in [5.74, 6) is -4.05. The van der Waals surface area contributed by atoms with Gasteiger partial charge >= 0.3 is 18.1 Å². The second-order valence-corrected chi connectivity index (χ2v) is 7.27. The number of rotatable bonds is 5. The van der Waals surface area contributed by atoms with Crippen molar-refractivity contribution in [3.05, 3.63) is 11.9 Å². The van der Waals surface area contributed by atoms with Crippen molar-refractivity contribution in [3.8, 4) is 0 Å². The maximum absolute atomic E-state index is 12.3. The molecule has 0 aromatic carbocycles. The normalized spacial score (nSPS) is 20.8. The first-order chi connectivity index (χ1) is 14.5. The number of carboxylic acids is 2. The summed E-state index contributed by atoms with van der Waals surface area (Å²) in [6.45, 7) is 2.68. The highest BCUT2D eigenvalue weighted by Crippen LogP contribution is 2.30. The van der Waals surface area contributed by atoms with E-state index in [1.165, 1.54) is 0 Å². The number of halogens is 3.